The minimum absolute atomic E-state index is 0.0907. The van der Waals surface area contributed by atoms with Gasteiger partial charge in [-0.25, -0.2) is 0 Å². The van der Waals surface area contributed by atoms with Crippen molar-refractivity contribution in [3.05, 3.63) is 68.3 Å². The smallest absolute Gasteiger partial charge is 0.232 e. The van der Waals surface area contributed by atoms with Crippen molar-refractivity contribution in [3.8, 4) is 5.75 Å². The third kappa shape index (κ3) is 2.38. The molecule has 0 saturated heterocycles. The maximum absolute atomic E-state index is 12.2. The van der Waals surface area contributed by atoms with Crippen LogP contribution in [0.2, 0.25) is 0 Å². The van der Waals surface area contributed by atoms with E-state index in [0.717, 1.165) is 14.5 Å². The maximum atomic E-state index is 12.2. The average molecular weight is 380 g/mol. The molecule has 0 aromatic heterocycles. The number of carbonyl (C=O) groups excluding carboxylic acids is 1. The lowest BCUT2D eigenvalue weighted by Crippen LogP contribution is -1.98. The molecule has 1 aliphatic rings. The first-order valence-corrected chi connectivity index (χ1v) is 7.22. The lowest BCUT2D eigenvalue weighted by atomic mass is 10.1. The van der Waals surface area contributed by atoms with Gasteiger partial charge < -0.3 is 4.74 Å². The van der Waals surface area contributed by atoms with E-state index in [-0.39, 0.29) is 5.78 Å². The Morgan fingerprint density at radius 3 is 2.63 bits per heavy atom. The molecule has 0 aliphatic carbocycles. The standard InChI is InChI=1S/C15H8Br2O2/c16-10-5-6-13-11(8-10)15(18)14(19-13)7-9-3-1-2-4-12(9)17/h1-8H/b14-7-. The molecule has 94 valence electrons. The average Bonchev–Trinajstić information content (AvgIpc) is 2.70. The Kier molecular flexibility index (Phi) is 3.29. The van der Waals surface area contributed by atoms with E-state index in [4.69, 9.17) is 4.74 Å². The number of carbonyl (C=O) groups is 1. The summed E-state index contributed by atoms with van der Waals surface area (Å²) >= 11 is 6.81. The summed E-state index contributed by atoms with van der Waals surface area (Å²) in [5.74, 6) is 0.860. The first-order chi connectivity index (χ1) is 9.15. The number of hydrogen-bond donors (Lipinski definition) is 0. The van der Waals surface area contributed by atoms with Gasteiger partial charge in [-0.3, -0.25) is 4.79 Å². The quantitative estimate of drug-likeness (QED) is 0.663. The maximum Gasteiger partial charge on any atom is 0.232 e. The minimum Gasteiger partial charge on any atom is -0.452 e. The van der Waals surface area contributed by atoms with Crippen molar-refractivity contribution in [3.63, 3.8) is 0 Å². The molecule has 0 radical (unpaired) electrons. The van der Waals surface area contributed by atoms with Crippen LogP contribution >= 0.6 is 31.9 Å². The molecule has 0 N–H and O–H groups in total. The molecule has 1 heterocycles. The third-order valence-corrected chi connectivity index (χ3v) is 4.04. The number of Topliss-reactive ketones (excluding diaryl/α,β-unsaturated/α-hetero) is 1. The topological polar surface area (TPSA) is 26.3 Å². The molecule has 0 atom stereocenters. The van der Waals surface area contributed by atoms with Crippen LogP contribution in [0.5, 0.6) is 5.75 Å². The number of rotatable bonds is 1. The molecule has 0 bridgehead atoms. The summed E-state index contributed by atoms with van der Waals surface area (Å²) in [6.07, 6.45) is 1.75. The molecule has 19 heavy (non-hydrogen) atoms. The van der Waals surface area contributed by atoms with E-state index in [2.05, 4.69) is 31.9 Å². The van der Waals surface area contributed by atoms with Gasteiger partial charge in [-0.15, -0.1) is 0 Å². The normalized spacial score (nSPS) is 15.5. The molecule has 0 spiro atoms. The van der Waals surface area contributed by atoms with E-state index in [9.17, 15) is 4.79 Å². The van der Waals surface area contributed by atoms with Gasteiger partial charge >= 0.3 is 0 Å². The lowest BCUT2D eigenvalue weighted by Gasteiger charge is -2.00. The van der Waals surface area contributed by atoms with Crippen LogP contribution in [0.3, 0.4) is 0 Å². The highest BCUT2D eigenvalue weighted by Crippen LogP contribution is 2.34. The van der Waals surface area contributed by atoms with Gasteiger partial charge in [0.25, 0.3) is 0 Å². The van der Waals surface area contributed by atoms with E-state index >= 15 is 0 Å². The summed E-state index contributed by atoms with van der Waals surface area (Å²) in [5, 5.41) is 0. The number of ketones is 1. The third-order valence-electron chi connectivity index (χ3n) is 2.82. The van der Waals surface area contributed by atoms with Gasteiger partial charge in [0.2, 0.25) is 5.78 Å². The monoisotopic (exact) mass is 378 g/mol. The highest BCUT2D eigenvalue weighted by atomic mass is 79.9. The number of halogens is 2. The molecular formula is C15H8Br2O2. The summed E-state index contributed by atoms with van der Waals surface area (Å²) in [6, 6.07) is 13.1. The first kappa shape index (κ1) is 12.6. The van der Waals surface area contributed by atoms with Crippen LogP contribution < -0.4 is 4.74 Å². The van der Waals surface area contributed by atoms with E-state index in [1.165, 1.54) is 0 Å². The van der Waals surface area contributed by atoms with Crippen molar-refractivity contribution in [1.29, 1.82) is 0 Å². The van der Waals surface area contributed by atoms with Gasteiger partial charge in [0.1, 0.15) is 5.75 Å². The zero-order chi connectivity index (χ0) is 13.4. The number of benzene rings is 2. The molecule has 0 amide bonds. The second-order valence-corrected chi connectivity index (χ2v) is 5.87. The Bertz CT molecular complexity index is 705. The Labute approximate surface area is 127 Å². The highest BCUT2D eigenvalue weighted by Gasteiger charge is 2.27. The second kappa shape index (κ2) is 4.94. The van der Waals surface area contributed by atoms with Gasteiger partial charge in [0, 0.05) is 8.95 Å². The van der Waals surface area contributed by atoms with E-state index < -0.39 is 0 Å². The Hall–Kier alpha value is -1.39. The molecule has 2 aromatic rings. The summed E-state index contributed by atoms with van der Waals surface area (Å²) in [4.78, 5) is 12.2. The predicted octanol–water partition coefficient (Wildman–Crippen LogP) is 4.83. The molecule has 4 heteroatoms. The van der Waals surface area contributed by atoms with Crippen LogP contribution in [-0.2, 0) is 0 Å². The van der Waals surface area contributed by atoms with Crippen LogP contribution in [0.15, 0.2) is 57.2 Å². The Balaban J connectivity index is 2.03. The molecule has 1 aliphatic heterocycles. The van der Waals surface area contributed by atoms with Crippen LogP contribution in [-0.4, -0.2) is 5.78 Å². The van der Waals surface area contributed by atoms with Crippen LogP contribution in [0.1, 0.15) is 15.9 Å². The van der Waals surface area contributed by atoms with Crippen molar-refractivity contribution in [2.75, 3.05) is 0 Å². The summed E-state index contributed by atoms with van der Waals surface area (Å²) in [6.45, 7) is 0. The van der Waals surface area contributed by atoms with Gasteiger partial charge in [-0.05, 0) is 35.9 Å². The van der Waals surface area contributed by atoms with E-state index in [1.807, 2.05) is 30.3 Å². The van der Waals surface area contributed by atoms with Crippen molar-refractivity contribution < 1.29 is 9.53 Å². The molecule has 2 aromatic carbocycles. The van der Waals surface area contributed by atoms with Gasteiger partial charge in [-0.1, -0.05) is 50.1 Å². The minimum atomic E-state index is -0.0907. The first-order valence-electron chi connectivity index (χ1n) is 5.63. The molecule has 2 nitrogen and oxygen atoms in total. The largest absolute Gasteiger partial charge is 0.452 e. The zero-order valence-corrected chi connectivity index (χ0v) is 12.9. The number of allylic oxidation sites excluding steroid dienone is 1. The fourth-order valence-corrected chi connectivity index (χ4v) is 2.65. The number of hydrogen-bond acceptors (Lipinski definition) is 2. The molecular weight excluding hydrogens is 372 g/mol. The number of fused-ring (bicyclic) bond motifs is 1. The van der Waals surface area contributed by atoms with Gasteiger partial charge in [0.15, 0.2) is 5.76 Å². The van der Waals surface area contributed by atoms with Crippen LogP contribution in [0, 0.1) is 0 Å². The summed E-state index contributed by atoms with van der Waals surface area (Å²) < 4.78 is 7.40. The lowest BCUT2D eigenvalue weighted by molar-refractivity contribution is 0.101. The van der Waals surface area contributed by atoms with Crippen LogP contribution in [0.25, 0.3) is 6.08 Å². The Morgan fingerprint density at radius 2 is 1.84 bits per heavy atom. The summed E-state index contributed by atoms with van der Waals surface area (Å²) in [5.41, 5.74) is 1.51. The van der Waals surface area contributed by atoms with Gasteiger partial charge in [-0.2, -0.15) is 0 Å². The van der Waals surface area contributed by atoms with Crippen LogP contribution in [0.4, 0.5) is 0 Å². The SMILES string of the molecule is O=C1/C(=C/c2ccccc2Br)Oc2ccc(Br)cc21. The second-order valence-electron chi connectivity index (χ2n) is 4.10. The highest BCUT2D eigenvalue weighted by molar-refractivity contribution is 9.10. The fraction of sp³-hybridized carbons (Fsp3) is 0. The molecule has 0 saturated carbocycles. The molecule has 0 fully saturated rings. The van der Waals surface area contributed by atoms with E-state index in [1.54, 1.807) is 18.2 Å². The van der Waals surface area contributed by atoms with Crippen molar-refractivity contribution in [1.82, 2.24) is 0 Å². The summed E-state index contributed by atoms with van der Waals surface area (Å²) in [7, 11) is 0. The van der Waals surface area contributed by atoms with Gasteiger partial charge in [0.05, 0.1) is 5.56 Å². The number of ether oxygens (including phenoxy) is 1. The van der Waals surface area contributed by atoms with E-state index in [0.29, 0.717) is 17.1 Å². The van der Waals surface area contributed by atoms with Crippen molar-refractivity contribution in [2.45, 2.75) is 0 Å². The van der Waals surface area contributed by atoms with Crippen molar-refractivity contribution >= 4 is 43.7 Å². The fourth-order valence-electron chi connectivity index (χ4n) is 1.89. The molecule has 0 unspecified atom stereocenters. The molecule has 3 rings (SSSR count). The Morgan fingerprint density at radius 1 is 1.05 bits per heavy atom. The van der Waals surface area contributed by atoms with Crippen molar-refractivity contribution in [2.24, 2.45) is 0 Å². The zero-order valence-electron chi connectivity index (χ0n) is 9.69. The predicted molar refractivity (Wildman–Crippen MR) is 81.2 cm³/mol.